The molecule has 0 fully saturated rings. The first-order valence-corrected chi connectivity index (χ1v) is 13.6. The number of benzene rings is 4. The van der Waals surface area contributed by atoms with Crippen molar-refractivity contribution in [3.63, 3.8) is 0 Å². The Morgan fingerprint density at radius 1 is 0.857 bits per heavy atom. The van der Waals surface area contributed by atoms with E-state index in [9.17, 15) is 17.8 Å². The van der Waals surface area contributed by atoms with E-state index in [1.165, 1.54) is 18.2 Å². The number of aryl methyl sites for hydroxylation is 3. The molecule has 4 rings (SSSR count). The standard InChI is InChI=1S/C28H33NO5S/c1-18-15-20(9-7-5-4-6-8-14-29-26(30)17-34-3)23-12-13-24-25(35(31,32)33)16-19(2)22-11-10-21(18)27(23)28(22)24/h10-13,15-16H,4-9,14,17H2,1-3H3,(H,29,30)(H,31,32,33). The van der Waals surface area contributed by atoms with E-state index in [0.717, 1.165) is 71.0 Å². The van der Waals surface area contributed by atoms with E-state index in [2.05, 4.69) is 30.4 Å². The molecule has 35 heavy (non-hydrogen) atoms. The lowest BCUT2D eigenvalue weighted by Gasteiger charge is -2.18. The Kier molecular flexibility index (Phi) is 7.59. The third-order valence-corrected chi connectivity index (χ3v) is 7.75. The van der Waals surface area contributed by atoms with Gasteiger partial charge in [0.05, 0.1) is 0 Å². The van der Waals surface area contributed by atoms with Gasteiger partial charge >= 0.3 is 0 Å². The number of unbranched alkanes of at least 4 members (excludes halogenated alkanes) is 4. The van der Waals surface area contributed by atoms with Crippen LogP contribution in [0.4, 0.5) is 0 Å². The lowest BCUT2D eigenvalue weighted by Crippen LogP contribution is -2.27. The molecule has 186 valence electrons. The molecule has 0 unspecified atom stereocenters. The first-order valence-electron chi connectivity index (χ1n) is 12.2. The molecule has 0 spiro atoms. The van der Waals surface area contributed by atoms with Crippen molar-refractivity contribution in [1.82, 2.24) is 5.32 Å². The monoisotopic (exact) mass is 495 g/mol. The fraction of sp³-hybridized carbons (Fsp3) is 0.393. The van der Waals surface area contributed by atoms with Crippen LogP contribution >= 0.6 is 0 Å². The van der Waals surface area contributed by atoms with E-state index >= 15 is 0 Å². The topological polar surface area (TPSA) is 92.7 Å². The van der Waals surface area contributed by atoms with E-state index in [0.29, 0.717) is 11.9 Å². The van der Waals surface area contributed by atoms with E-state index in [1.807, 2.05) is 19.1 Å². The van der Waals surface area contributed by atoms with Gasteiger partial charge in [0, 0.05) is 19.0 Å². The molecule has 7 heteroatoms. The third kappa shape index (κ3) is 5.27. The number of hydrogen-bond donors (Lipinski definition) is 2. The molecule has 0 saturated heterocycles. The largest absolute Gasteiger partial charge is 0.375 e. The minimum Gasteiger partial charge on any atom is -0.375 e. The summed E-state index contributed by atoms with van der Waals surface area (Å²) in [6.07, 6.45) is 6.27. The molecule has 0 heterocycles. The summed E-state index contributed by atoms with van der Waals surface area (Å²) in [5, 5.41) is 8.69. The smallest absolute Gasteiger partial charge is 0.295 e. The van der Waals surface area contributed by atoms with Gasteiger partial charge in [0.1, 0.15) is 11.5 Å². The summed E-state index contributed by atoms with van der Waals surface area (Å²) >= 11 is 0. The van der Waals surface area contributed by atoms with E-state index in [1.54, 1.807) is 6.07 Å². The lowest BCUT2D eigenvalue weighted by molar-refractivity contribution is -0.124. The SMILES string of the molecule is COCC(=O)NCCCCCCCc1cc(C)c2ccc3c(C)cc(S(=O)(=O)O)c4ccc1c2c34. The van der Waals surface area contributed by atoms with Gasteiger partial charge in [-0.2, -0.15) is 8.42 Å². The summed E-state index contributed by atoms with van der Waals surface area (Å²) in [5.74, 6) is -0.0733. The molecule has 0 aliphatic heterocycles. The van der Waals surface area contributed by atoms with Gasteiger partial charge in [-0.05, 0) is 82.8 Å². The Hall–Kier alpha value is -2.74. The summed E-state index contributed by atoms with van der Waals surface area (Å²) in [7, 11) is -2.82. The zero-order valence-corrected chi connectivity index (χ0v) is 21.4. The molecule has 0 saturated carbocycles. The van der Waals surface area contributed by atoms with Gasteiger partial charge in [-0.15, -0.1) is 0 Å². The molecule has 1 amide bonds. The summed E-state index contributed by atoms with van der Waals surface area (Å²) < 4.78 is 38.9. The predicted octanol–water partition coefficient (Wildman–Crippen LogP) is 5.70. The fourth-order valence-corrected chi connectivity index (χ4v) is 5.97. The molecule has 4 aromatic carbocycles. The molecule has 0 radical (unpaired) electrons. The number of carbonyl (C=O) groups is 1. The van der Waals surface area contributed by atoms with Crippen molar-refractivity contribution in [3.05, 3.63) is 53.1 Å². The van der Waals surface area contributed by atoms with Gasteiger partial charge in [0.2, 0.25) is 5.91 Å². The van der Waals surface area contributed by atoms with E-state index < -0.39 is 10.1 Å². The summed E-state index contributed by atoms with van der Waals surface area (Å²) in [5.41, 5.74) is 3.27. The van der Waals surface area contributed by atoms with Gasteiger partial charge in [-0.3, -0.25) is 9.35 Å². The van der Waals surface area contributed by atoms with Gasteiger partial charge < -0.3 is 10.1 Å². The van der Waals surface area contributed by atoms with Crippen LogP contribution in [0.1, 0.15) is 48.8 Å². The molecular weight excluding hydrogens is 462 g/mol. The fourth-order valence-electron chi connectivity index (χ4n) is 5.20. The van der Waals surface area contributed by atoms with E-state index in [-0.39, 0.29) is 17.4 Å². The van der Waals surface area contributed by atoms with Crippen LogP contribution in [0.2, 0.25) is 0 Å². The first-order chi connectivity index (χ1) is 16.7. The zero-order chi connectivity index (χ0) is 25.2. The highest BCUT2D eigenvalue weighted by Crippen LogP contribution is 2.41. The van der Waals surface area contributed by atoms with Crippen LogP contribution in [0.3, 0.4) is 0 Å². The average Bonchev–Trinajstić information content (AvgIpc) is 2.81. The molecule has 2 N–H and O–H groups in total. The summed E-state index contributed by atoms with van der Waals surface area (Å²) in [6.45, 7) is 4.78. The van der Waals surface area contributed by atoms with Crippen LogP contribution in [0, 0.1) is 13.8 Å². The van der Waals surface area contributed by atoms with E-state index in [4.69, 9.17) is 4.74 Å². The maximum Gasteiger partial charge on any atom is 0.295 e. The highest BCUT2D eigenvalue weighted by atomic mass is 32.2. The maximum absolute atomic E-state index is 12.1. The number of amides is 1. The number of hydrogen-bond acceptors (Lipinski definition) is 4. The number of methoxy groups -OCH3 is 1. The second-order valence-corrected chi connectivity index (χ2v) is 10.8. The highest BCUT2D eigenvalue weighted by molar-refractivity contribution is 7.86. The molecule has 0 aromatic heterocycles. The van der Waals surface area contributed by atoms with Crippen molar-refractivity contribution in [1.29, 1.82) is 0 Å². The minimum absolute atomic E-state index is 0.0293. The van der Waals surface area contributed by atoms with Crippen molar-refractivity contribution >= 4 is 48.3 Å². The van der Waals surface area contributed by atoms with Gasteiger partial charge in [-0.1, -0.05) is 49.6 Å². The van der Waals surface area contributed by atoms with Crippen molar-refractivity contribution in [3.8, 4) is 0 Å². The maximum atomic E-state index is 12.1. The van der Waals surface area contributed by atoms with Crippen molar-refractivity contribution in [2.45, 2.75) is 57.3 Å². The zero-order valence-electron chi connectivity index (χ0n) is 20.6. The van der Waals surface area contributed by atoms with Crippen LogP contribution in [0.5, 0.6) is 0 Å². The van der Waals surface area contributed by atoms with Crippen LogP contribution < -0.4 is 5.32 Å². The normalized spacial score (nSPS) is 12.2. The molecular formula is C28H33NO5S. The van der Waals surface area contributed by atoms with Crippen LogP contribution in [0.15, 0.2) is 41.3 Å². The Morgan fingerprint density at radius 2 is 1.43 bits per heavy atom. The first kappa shape index (κ1) is 25.4. The quantitative estimate of drug-likeness (QED) is 0.158. The Balaban J connectivity index is 1.55. The van der Waals surface area contributed by atoms with Crippen molar-refractivity contribution in [2.24, 2.45) is 0 Å². The Labute approximate surface area is 206 Å². The molecule has 0 aliphatic carbocycles. The Bertz CT molecular complexity index is 1480. The van der Waals surface area contributed by atoms with Crippen LogP contribution in [-0.2, 0) is 26.1 Å². The van der Waals surface area contributed by atoms with Crippen LogP contribution in [-0.4, -0.2) is 39.1 Å². The molecule has 0 aliphatic rings. The number of rotatable bonds is 11. The molecule has 0 atom stereocenters. The lowest BCUT2D eigenvalue weighted by atomic mass is 9.87. The number of nitrogens with one attached hydrogen (secondary N) is 1. The molecule has 0 bridgehead atoms. The van der Waals surface area contributed by atoms with Gasteiger partial charge in [-0.25, -0.2) is 0 Å². The predicted molar refractivity (Wildman–Crippen MR) is 141 cm³/mol. The molecule has 4 aromatic rings. The average molecular weight is 496 g/mol. The van der Waals surface area contributed by atoms with Gasteiger partial charge in [0.15, 0.2) is 0 Å². The highest BCUT2D eigenvalue weighted by Gasteiger charge is 2.21. The second-order valence-electron chi connectivity index (χ2n) is 9.39. The third-order valence-electron chi connectivity index (χ3n) is 6.86. The minimum atomic E-state index is -4.33. The number of ether oxygens (including phenoxy) is 1. The van der Waals surface area contributed by atoms with Crippen LogP contribution in [0.25, 0.3) is 32.3 Å². The second kappa shape index (κ2) is 10.5. The number of carbonyl (C=O) groups excluding carboxylic acids is 1. The summed E-state index contributed by atoms with van der Waals surface area (Å²) in [4.78, 5) is 11.4. The molecule has 6 nitrogen and oxygen atoms in total. The van der Waals surface area contributed by atoms with Crippen molar-refractivity contribution in [2.75, 3.05) is 20.3 Å². The summed E-state index contributed by atoms with van der Waals surface area (Å²) in [6, 6.07) is 11.8. The Morgan fingerprint density at radius 3 is 2.11 bits per heavy atom. The van der Waals surface area contributed by atoms with Gasteiger partial charge in [0.25, 0.3) is 10.1 Å². The van der Waals surface area contributed by atoms with Crippen molar-refractivity contribution < 1.29 is 22.5 Å².